The van der Waals surface area contributed by atoms with Crippen molar-refractivity contribution < 1.29 is 9.32 Å². The summed E-state index contributed by atoms with van der Waals surface area (Å²) in [6.45, 7) is 7.41. The van der Waals surface area contributed by atoms with Gasteiger partial charge >= 0.3 is 0 Å². The van der Waals surface area contributed by atoms with E-state index in [1.54, 1.807) is 0 Å². The lowest BCUT2D eigenvalue weighted by Gasteiger charge is -2.33. The normalized spacial score (nSPS) is 15.5. The van der Waals surface area contributed by atoms with Gasteiger partial charge < -0.3 is 14.2 Å². The van der Waals surface area contributed by atoms with Crippen LogP contribution in [0.5, 0.6) is 0 Å². The monoisotopic (exact) mass is 334 g/mol. The quantitative estimate of drug-likeness (QED) is 0.796. The molecule has 1 N–H and O–H groups in total. The Labute approximate surface area is 148 Å². The van der Waals surface area contributed by atoms with Crippen LogP contribution in [0.25, 0.3) is 11.3 Å². The highest BCUT2D eigenvalue weighted by molar-refractivity contribution is 5.55. The summed E-state index contributed by atoms with van der Waals surface area (Å²) in [6, 6.07) is 18.8. The predicted molar refractivity (Wildman–Crippen MR) is 99.7 cm³/mol. The molecule has 1 aliphatic heterocycles. The van der Waals surface area contributed by atoms with E-state index < -0.39 is 0 Å². The molecule has 25 heavy (non-hydrogen) atoms. The number of oxazole rings is 1. The third kappa shape index (κ3) is 3.59. The van der Waals surface area contributed by atoms with Gasteiger partial charge in [0.15, 0.2) is 12.3 Å². The molecule has 4 heteroatoms. The minimum atomic E-state index is 0.832. The standard InChI is InChI=1S/C21H23N3O/c1-17-7-5-6-10-19(17)24-13-11-23(12-14-24)16-21-22-15-20(25-21)18-8-3-2-4-9-18/h2-10,15H,11-14,16H2,1H3/p+1. The molecule has 2 aromatic carbocycles. The molecule has 0 amide bonds. The number of quaternary nitrogens is 1. The van der Waals surface area contributed by atoms with Gasteiger partial charge in [0.1, 0.15) is 0 Å². The molecule has 1 aromatic heterocycles. The number of aryl methyl sites for hydroxylation is 1. The van der Waals surface area contributed by atoms with E-state index in [0.717, 1.165) is 49.9 Å². The summed E-state index contributed by atoms with van der Waals surface area (Å²) >= 11 is 0. The van der Waals surface area contributed by atoms with Crippen molar-refractivity contribution in [1.82, 2.24) is 4.98 Å². The number of hydrogen-bond donors (Lipinski definition) is 1. The maximum atomic E-state index is 5.96. The Kier molecular flexibility index (Phi) is 4.53. The molecule has 2 heterocycles. The second kappa shape index (κ2) is 7.11. The van der Waals surface area contributed by atoms with Crippen LogP contribution < -0.4 is 9.80 Å². The summed E-state index contributed by atoms with van der Waals surface area (Å²) in [5.41, 5.74) is 3.80. The Morgan fingerprint density at radius 2 is 1.72 bits per heavy atom. The smallest absolute Gasteiger partial charge is 0.250 e. The van der Waals surface area contributed by atoms with E-state index in [-0.39, 0.29) is 0 Å². The maximum Gasteiger partial charge on any atom is 0.250 e. The van der Waals surface area contributed by atoms with Crippen LogP contribution in [-0.2, 0) is 6.54 Å². The van der Waals surface area contributed by atoms with Crippen LogP contribution in [0.1, 0.15) is 11.5 Å². The van der Waals surface area contributed by atoms with Gasteiger partial charge in [-0.05, 0) is 18.6 Å². The van der Waals surface area contributed by atoms with Crippen molar-refractivity contribution in [3.63, 3.8) is 0 Å². The summed E-state index contributed by atoms with van der Waals surface area (Å²) in [7, 11) is 0. The highest BCUT2D eigenvalue weighted by atomic mass is 16.4. The molecule has 0 saturated carbocycles. The fourth-order valence-corrected chi connectivity index (χ4v) is 3.50. The average molecular weight is 334 g/mol. The SMILES string of the molecule is Cc1ccccc1N1CC[NH+](Cc2ncc(-c3ccccc3)o2)CC1. The third-order valence-corrected chi connectivity index (χ3v) is 4.94. The second-order valence-electron chi connectivity index (χ2n) is 6.68. The zero-order valence-electron chi connectivity index (χ0n) is 14.6. The van der Waals surface area contributed by atoms with Crippen LogP contribution in [0.3, 0.4) is 0 Å². The van der Waals surface area contributed by atoms with Gasteiger partial charge in [0.25, 0.3) is 5.89 Å². The van der Waals surface area contributed by atoms with Crippen molar-refractivity contribution in [2.75, 3.05) is 31.1 Å². The summed E-state index contributed by atoms with van der Waals surface area (Å²) in [5.74, 6) is 1.69. The first-order valence-electron chi connectivity index (χ1n) is 8.94. The number of piperazine rings is 1. The van der Waals surface area contributed by atoms with E-state index >= 15 is 0 Å². The summed E-state index contributed by atoms with van der Waals surface area (Å²) in [5, 5.41) is 0. The van der Waals surface area contributed by atoms with Crippen LogP contribution in [0, 0.1) is 6.92 Å². The molecule has 1 fully saturated rings. The molecule has 0 aliphatic carbocycles. The lowest BCUT2D eigenvalue weighted by atomic mass is 10.1. The molecular formula is C21H24N3O+. The van der Waals surface area contributed by atoms with E-state index in [1.807, 2.05) is 24.4 Å². The van der Waals surface area contributed by atoms with Crippen molar-refractivity contribution in [3.8, 4) is 11.3 Å². The van der Waals surface area contributed by atoms with Crippen LogP contribution in [0.15, 0.2) is 65.2 Å². The third-order valence-electron chi connectivity index (χ3n) is 4.94. The fraction of sp³-hybridized carbons (Fsp3) is 0.286. The Bertz CT molecular complexity index is 820. The number of nitrogens with zero attached hydrogens (tertiary/aromatic N) is 2. The minimum Gasteiger partial charge on any atom is -0.435 e. The van der Waals surface area contributed by atoms with Gasteiger partial charge in [0, 0.05) is 11.3 Å². The molecule has 0 spiro atoms. The lowest BCUT2D eigenvalue weighted by molar-refractivity contribution is -0.915. The average Bonchev–Trinajstić information content (AvgIpc) is 3.12. The van der Waals surface area contributed by atoms with Gasteiger partial charge in [-0.2, -0.15) is 0 Å². The minimum absolute atomic E-state index is 0.832. The highest BCUT2D eigenvalue weighted by Crippen LogP contribution is 2.20. The summed E-state index contributed by atoms with van der Waals surface area (Å²) < 4.78 is 5.96. The van der Waals surface area contributed by atoms with Gasteiger partial charge in [-0.1, -0.05) is 48.5 Å². The Morgan fingerprint density at radius 3 is 2.48 bits per heavy atom. The van der Waals surface area contributed by atoms with E-state index in [4.69, 9.17) is 4.42 Å². The van der Waals surface area contributed by atoms with E-state index in [2.05, 4.69) is 53.2 Å². The first-order valence-corrected chi connectivity index (χ1v) is 8.94. The molecular weight excluding hydrogens is 310 g/mol. The molecule has 0 atom stereocenters. The maximum absolute atomic E-state index is 5.96. The van der Waals surface area contributed by atoms with Crippen LogP contribution in [0.2, 0.25) is 0 Å². The van der Waals surface area contributed by atoms with E-state index in [0.29, 0.717) is 0 Å². The lowest BCUT2D eigenvalue weighted by Crippen LogP contribution is -3.13. The number of benzene rings is 2. The molecule has 1 aliphatic rings. The predicted octanol–water partition coefficient (Wildman–Crippen LogP) is 2.56. The number of nitrogens with one attached hydrogen (secondary N) is 1. The first kappa shape index (κ1) is 15.9. The fourth-order valence-electron chi connectivity index (χ4n) is 3.50. The highest BCUT2D eigenvalue weighted by Gasteiger charge is 2.22. The molecule has 0 bridgehead atoms. The number of para-hydroxylation sites is 1. The van der Waals surface area contributed by atoms with Gasteiger partial charge in [0.05, 0.1) is 32.4 Å². The van der Waals surface area contributed by atoms with Crippen LogP contribution in [-0.4, -0.2) is 31.2 Å². The number of aromatic nitrogens is 1. The van der Waals surface area contributed by atoms with Crippen molar-refractivity contribution in [1.29, 1.82) is 0 Å². The number of hydrogen-bond acceptors (Lipinski definition) is 3. The van der Waals surface area contributed by atoms with Gasteiger partial charge in [-0.25, -0.2) is 4.98 Å². The van der Waals surface area contributed by atoms with Crippen molar-refractivity contribution in [3.05, 3.63) is 72.2 Å². The van der Waals surface area contributed by atoms with Crippen LogP contribution in [0.4, 0.5) is 5.69 Å². The molecule has 3 aromatic rings. The van der Waals surface area contributed by atoms with Gasteiger partial charge in [-0.3, -0.25) is 0 Å². The Morgan fingerprint density at radius 1 is 1.00 bits per heavy atom. The molecule has 4 rings (SSSR count). The zero-order valence-corrected chi connectivity index (χ0v) is 14.6. The Hall–Kier alpha value is -2.59. The first-order chi connectivity index (χ1) is 12.3. The van der Waals surface area contributed by atoms with Crippen molar-refractivity contribution in [2.45, 2.75) is 13.5 Å². The molecule has 128 valence electrons. The summed E-state index contributed by atoms with van der Waals surface area (Å²) in [6.07, 6.45) is 1.84. The van der Waals surface area contributed by atoms with E-state index in [1.165, 1.54) is 16.2 Å². The second-order valence-corrected chi connectivity index (χ2v) is 6.68. The summed E-state index contributed by atoms with van der Waals surface area (Å²) in [4.78, 5) is 8.50. The zero-order chi connectivity index (χ0) is 17.1. The van der Waals surface area contributed by atoms with Crippen molar-refractivity contribution >= 4 is 5.69 Å². The number of rotatable bonds is 4. The number of anilines is 1. The largest absolute Gasteiger partial charge is 0.435 e. The topological polar surface area (TPSA) is 33.7 Å². The molecule has 1 saturated heterocycles. The van der Waals surface area contributed by atoms with E-state index in [9.17, 15) is 0 Å². The van der Waals surface area contributed by atoms with Gasteiger partial charge in [-0.15, -0.1) is 0 Å². The molecule has 4 nitrogen and oxygen atoms in total. The van der Waals surface area contributed by atoms with Crippen LogP contribution >= 0.6 is 0 Å². The molecule has 0 unspecified atom stereocenters. The molecule has 0 radical (unpaired) electrons. The Balaban J connectivity index is 1.36. The van der Waals surface area contributed by atoms with Gasteiger partial charge in [0.2, 0.25) is 0 Å². The van der Waals surface area contributed by atoms with Crippen molar-refractivity contribution in [2.24, 2.45) is 0 Å².